The smallest absolute Gasteiger partial charge is 0.348 e. The topological polar surface area (TPSA) is 29.1 Å². The highest BCUT2D eigenvalue weighted by molar-refractivity contribution is 6.31. The van der Waals surface area contributed by atoms with Crippen molar-refractivity contribution in [2.24, 2.45) is 0 Å². The Morgan fingerprint density at radius 3 is 2.33 bits per heavy atom. The van der Waals surface area contributed by atoms with Crippen molar-refractivity contribution in [1.82, 2.24) is 5.32 Å². The molecule has 0 saturated heterocycles. The standard InChI is InChI=1S/C15H11ClF3NO/c16-13-8-12(15(17,18)19)7-6-11(13)9-20-14(21)10-4-2-1-3-5-10/h1-8H,9H2,(H,20,21). The summed E-state index contributed by atoms with van der Waals surface area (Å²) >= 11 is 5.81. The van der Waals surface area contributed by atoms with Gasteiger partial charge in [0.25, 0.3) is 5.91 Å². The number of rotatable bonds is 3. The van der Waals surface area contributed by atoms with E-state index in [4.69, 9.17) is 11.6 Å². The molecule has 0 radical (unpaired) electrons. The quantitative estimate of drug-likeness (QED) is 0.900. The second kappa shape index (κ2) is 6.18. The van der Waals surface area contributed by atoms with Gasteiger partial charge in [0.15, 0.2) is 0 Å². The Morgan fingerprint density at radius 2 is 1.76 bits per heavy atom. The van der Waals surface area contributed by atoms with Gasteiger partial charge in [-0.25, -0.2) is 0 Å². The number of carbonyl (C=O) groups excluding carboxylic acids is 1. The molecule has 6 heteroatoms. The molecule has 1 amide bonds. The van der Waals surface area contributed by atoms with E-state index in [0.717, 1.165) is 12.1 Å². The van der Waals surface area contributed by atoms with E-state index in [-0.39, 0.29) is 17.5 Å². The molecule has 0 aliphatic rings. The summed E-state index contributed by atoms with van der Waals surface area (Å²) in [6, 6.07) is 11.6. The zero-order valence-corrected chi connectivity index (χ0v) is 11.5. The van der Waals surface area contributed by atoms with Crippen LogP contribution < -0.4 is 5.32 Å². The number of hydrogen-bond acceptors (Lipinski definition) is 1. The number of amides is 1. The summed E-state index contributed by atoms with van der Waals surface area (Å²) < 4.78 is 37.5. The molecule has 2 aromatic rings. The molecule has 0 fully saturated rings. The average Bonchev–Trinajstić information content (AvgIpc) is 2.45. The Kier molecular flexibility index (Phi) is 4.53. The minimum absolute atomic E-state index is 0.0295. The molecule has 0 bridgehead atoms. The summed E-state index contributed by atoms with van der Waals surface area (Å²) in [6.45, 7) is 0.0602. The van der Waals surface area contributed by atoms with Crippen LogP contribution >= 0.6 is 11.6 Å². The van der Waals surface area contributed by atoms with Gasteiger partial charge in [-0.3, -0.25) is 4.79 Å². The molecule has 0 atom stereocenters. The van der Waals surface area contributed by atoms with E-state index in [1.165, 1.54) is 6.07 Å². The predicted octanol–water partition coefficient (Wildman–Crippen LogP) is 4.29. The van der Waals surface area contributed by atoms with Crippen LogP contribution in [-0.2, 0) is 12.7 Å². The van der Waals surface area contributed by atoms with Crippen LogP contribution in [0.25, 0.3) is 0 Å². The van der Waals surface area contributed by atoms with E-state index < -0.39 is 11.7 Å². The third-order valence-electron chi connectivity index (χ3n) is 2.86. The van der Waals surface area contributed by atoms with E-state index in [1.54, 1.807) is 30.3 Å². The lowest BCUT2D eigenvalue weighted by atomic mass is 10.1. The van der Waals surface area contributed by atoms with Gasteiger partial charge in [-0.2, -0.15) is 13.2 Å². The number of halogens is 4. The zero-order valence-electron chi connectivity index (χ0n) is 10.7. The van der Waals surface area contributed by atoms with Crippen molar-refractivity contribution < 1.29 is 18.0 Å². The fourth-order valence-electron chi connectivity index (χ4n) is 1.73. The summed E-state index contributed by atoms with van der Waals surface area (Å²) in [5, 5.41) is 2.58. The second-order valence-corrected chi connectivity index (χ2v) is 4.76. The van der Waals surface area contributed by atoms with E-state index >= 15 is 0 Å². The van der Waals surface area contributed by atoms with Gasteiger partial charge in [0, 0.05) is 17.1 Å². The third-order valence-corrected chi connectivity index (χ3v) is 3.21. The van der Waals surface area contributed by atoms with Crippen molar-refractivity contribution in [3.05, 3.63) is 70.2 Å². The minimum Gasteiger partial charge on any atom is -0.348 e. The second-order valence-electron chi connectivity index (χ2n) is 4.35. The molecule has 0 aromatic heterocycles. The Bertz CT molecular complexity index is 641. The summed E-state index contributed by atoms with van der Waals surface area (Å²) in [5.41, 5.74) is 0.0834. The van der Waals surface area contributed by atoms with Crippen LogP contribution in [0.3, 0.4) is 0 Å². The largest absolute Gasteiger partial charge is 0.416 e. The average molecular weight is 314 g/mol. The van der Waals surface area contributed by atoms with Gasteiger partial charge in [-0.05, 0) is 29.8 Å². The highest BCUT2D eigenvalue weighted by Crippen LogP contribution is 2.32. The molecule has 110 valence electrons. The number of benzene rings is 2. The van der Waals surface area contributed by atoms with Gasteiger partial charge < -0.3 is 5.32 Å². The zero-order chi connectivity index (χ0) is 15.5. The summed E-state index contributed by atoms with van der Waals surface area (Å²) in [6.07, 6.45) is -4.44. The van der Waals surface area contributed by atoms with Gasteiger partial charge in [-0.15, -0.1) is 0 Å². The molecule has 0 saturated carbocycles. The highest BCUT2D eigenvalue weighted by Gasteiger charge is 2.30. The van der Waals surface area contributed by atoms with Crippen molar-refractivity contribution >= 4 is 17.5 Å². The van der Waals surface area contributed by atoms with Gasteiger partial charge in [0.2, 0.25) is 0 Å². The summed E-state index contributed by atoms with van der Waals surface area (Å²) in [4.78, 5) is 11.8. The van der Waals surface area contributed by atoms with Crippen LogP contribution in [0.2, 0.25) is 5.02 Å². The SMILES string of the molecule is O=C(NCc1ccc(C(F)(F)F)cc1Cl)c1ccccc1. The Hall–Kier alpha value is -2.01. The molecule has 0 spiro atoms. The van der Waals surface area contributed by atoms with E-state index in [0.29, 0.717) is 11.1 Å². The highest BCUT2D eigenvalue weighted by atomic mass is 35.5. The number of alkyl halides is 3. The lowest BCUT2D eigenvalue weighted by Crippen LogP contribution is -2.22. The van der Waals surface area contributed by atoms with Gasteiger partial charge in [-0.1, -0.05) is 35.9 Å². The lowest BCUT2D eigenvalue weighted by Gasteiger charge is -2.11. The van der Waals surface area contributed by atoms with Crippen LogP contribution in [0, 0.1) is 0 Å². The molecule has 2 aromatic carbocycles. The van der Waals surface area contributed by atoms with Gasteiger partial charge in [0.1, 0.15) is 0 Å². The molecule has 0 unspecified atom stereocenters. The maximum Gasteiger partial charge on any atom is 0.416 e. The van der Waals surface area contributed by atoms with Crippen LogP contribution in [0.1, 0.15) is 21.5 Å². The first-order valence-electron chi connectivity index (χ1n) is 6.07. The molecular formula is C15H11ClF3NO. The van der Waals surface area contributed by atoms with Crippen molar-refractivity contribution in [3.8, 4) is 0 Å². The first kappa shape index (κ1) is 15.4. The van der Waals surface area contributed by atoms with Crippen molar-refractivity contribution in [2.75, 3.05) is 0 Å². The van der Waals surface area contributed by atoms with Crippen molar-refractivity contribution in [2.45, 2.75) is 12.7 Å². The first-order chi connectivity index (χ1) is 9.88. The Morgan fingerprint density at radius 1 is 1.10 bits per heavy atom. The molecule has 21 heavy (non-hydrogen) atoms. The Labute approximate surface area is 124 Å². The van der Waals surface area contributed by atoms with Crippen LogP contribution in [-0.4, -0.2) is 5.91 Å². The van der Waals surface area contributed by atoms with E-state index in [2.05, 4.69) is 5.32 Å². The maximum atomic E-state index is 12.5. The number of nitrogens with one attached hydrogen (secondary N) is 1. The molecule has 0 aliphatic carbocycles. The molecule has 0 heterocycles. The van der Waals surface area contributed by atoms with Crippen molar-refractivity contribution in [1.29, 1.82) is 0 Å². The minimum atomic E-state index is -4.44. The molecule has 2 rings (SSSR count). The van der Waals surface area contributed by atoms with E-state index in [1.807, 2.05) is 0 Å². The van der Waals surface area contributed by atoms with E-state index in [9.17, 15) is 18.0 Å². The number of hydrogen-bond donors (Lipinski definition) is 1. The first-order valence-corrected chi connectivity index (χ1v) is 6.44. The maximum absolute atomic E-state index is 12.5. The predicted molar refractivity (Wildman–Crippen MR) is 74.1 cm³/mol. The monoisotopic (exact) mass is 313 g/mol. The third kappa shape index (κ3) is 3.98. The number of carbonyl (C=O) groups is 1. The molecule has 0 aliphatic heterocycles. The fourth-order valence-corrected chi connectivity index (χ4v) is 1.98. The molecular weight excluding hydrogens is 303 g/mol. The summed E-state index contributed by atoms with van der Waals surface area (Å²) in [5.74, 6) is -0.313. The van der Waals surface area contributed by atoms with Gasteiger partial charge >= 0.3 is 6.18 Å². The van der Waals surface area contributed by atoms with Gasteiger partial charge in [0.05, 0.1) is 5.56 Å². The van der Waals surface area contributed by atoms with Crippen LogP contribution in [0.5, 0.6) is 0 Å². The molecule has 2 nitrogen and oxygen atoms in total. The normalized spacial score (nSPS) is 11.2. The van der Waals surface area contributed by atoms with Crippen LogP contribution in [0.4, 0.5) is 13.2 Å². The van der Waals surface area contributed by atoms with Crippen LogP contribution in [0.15, 0.2) is 48.5 Å². The lowest BCUT2D eigenvalue weighted by molar-refractivity contribution is -0.137. The molecule has 1 N–H and O–H groups in total. The fraction of sp³-hybridized carbons (Fsp3) is 0.133. The van der Waals surface area contributed by atoms with Crippen molar-refractivity contribution in [3.63, 3.8) is 0 Å². The summed E-state index contributed by atoms with van der Waals surface area (Å²) in [7, 11) is 0. The Balaban J connectivity index is 2.06.